The molecule has 0 aliphatic rings. The number of hydrogen-bond acceptors (Lipinski definition) is 3. The molecule has 0 bridgehead atoms. The van der Waals surface area contributed by atoms with Crippen LogP contribution in [-0.4, -0.2) is 26.9 Å². The van der Waals surface area contributed by atoms with Crippen LogP contribution in [0, 0.1) is 5.92 Å². The summed E-state index contributed by atoms with van der Waals surface area (Å²) in [6.07, 6.45) is 1.10. The van der Waals surface area contributed by atoms with Gasteiger partial charge in [-0.05, 0) is 38.4 Å². The average Bonchev–Trinajstić information content (AvgIpc) is 2.41. The fourth-order valence-corrected chi connectivity index (χ4v) is 2.12. The van der Waals surface area contributed by atoms with Crippen molar-refractivity contribution in [2.75, 3.05) is 26.9 Å². The highest BCUT2D eigenvalue weighted by atomic mass is 79.9. The van der Waals surface area contributed by atoms with Crippen LogP contribution in [0.5, 0.6) is 5.75 Å². The van der Waals surface area contributed by atoms with Crippen molar-refractivity contribution in [2.45, 2.75) is 33.2 Å². The average molecular weight is 344 g/mol. The Morgan fingerprint density at radius 1 is 1.15 bits per heavy atom. The van der Waals surface area contributed by atoms with Gasteiger partial charge in [0.05, 0.1) is 6.61 Å². The number of rotatable bonds is 9. The topological polar surface area (TPSA) is 30.5 Å². The van der Waals surface area contributed by atoms with Gasteiger partial charge in [0.2, 0.25) is 0 Å². The van der Waals surface area contributed by atoms with Gasteiger partial charge in [0.15, 0.2) is 0 Å². The van der Waals surface area contributed by atoms with Gasteiger partial charge < -0.3 is 14.8 Å². The van der Waals surface area contributed by atoms with E-state index in [0.29, 0.717) is 19.1 Å². The van der Waals surface area contributed by atoms with Crippen LogP contribution in [0.25, 0.3) is 0 Å². The van der Waals surface area contributed by atoms with Gasteiger partial charge in [-0.1, -0.05) is 35.8 Å². The lowest BCUT2D eigenvalue weighted by Gasteiger charge is -2.17. The zero-order valence-electron chi connectivity index (χ0n) is 12.9. The smallest absolute Gasteiger partial charge is 0.125 e. The van der Waals surface area contributed by atoms with Crippen molar-refractivity contribution < 1.29 is 9.47 Å². The second-order valence-electron chi connectivity index (χ2n) is 5.34. The van der Waals surface area contributed by atoms with Gasteiger partial charge in [-0.15, -0.1) is 0 Å². The molecule has 0 amide bonds. The van der Waals surface area contributed by atoms with E-state index < -0.39 is 0 Å². The number of ether oxygens (including phenoxy) is 2. The van der Waals surface area contributed by atoms with Gasteiger partial charge in [0.1, 0.15) is 12.4 Å². The van der Waals surface area contributed by atoms with Crippen LogP contribution in [0.1, 0.15) is 38.8 Å². The molecule has 1 aromatic rings. The Morgan fingerprint density at radius 2 is 1.90 bits per heavy atom. The molecule has 1 aromatic carbocycles. The predicted octanol–water partition coefficient (Wildman–Crippen LogP) is 4.17. The minimum Gasteiger partial charge on any atom is -0.491 e. The van der Waals surface area contributed by atoms with Gasteiger partial charge in [-0.3, -0.25) is 0 Å². The maximum Gasteiger partial charge on any atom is 0.125 e. The Kier molecular flexibility index (Phi) is 8.19. The molecule has 1 atom stereocenters. The molecular formula is C16H26BrNO2. The lowest BCUT2D eigenvalue weighted by molar-refractivity contribution is 0.0921. The van der Waals surface area contributed by atoms with Crippen molar-refractivity contribution in [1.29, 1.82) is 0 Å². The Labute approximate surface area is 131 Å². The van der Waals surface area contributed by atoms with E-state index in [1.54, 1.807) is 0 Å². The quantitative estimate of drug-likeness (QED) is 0.682. The minimum absolute atomic E-state index is 0.264. The standard InChI is InChI=1S/C16H26BrNO2/c1-12(2)7-8-19-9-10-20-16-11-14(17)5-6-15(16)13(3)18-4/h5-6,11-13,18H,7-10H2,1-4H3. The van der Waals surface area contributed by atoms with Gasteiger partial charge in [0.25, 0.3) is 0 Å². The molecule has 0 aromatic heterocycles. The summed E-state index contributed by atoms with van der Waals surface area (Å²) >= 11 is 3.49. The molecule has 1 N–H and O–H groups in total. The molecule has 0 spiro atoms. The van der Waals surface area contributed by atoms with Crippen LogP contribution < -0.4 is 10.1 Å². The predicted molar refractivity (Wildman–Crippen MR) is 87.4 cm³/mol. The highest BCUT2D eigenvalue weighted by Gasteiger charge is 2.10. The van der Waals surface area contributed by atoms with Gasteiger partial charge in [-0.2, -0.15) is 0 Å². The third kappa shape index (κ3) is 6.25. The molecule has 4 heteroatoms. The van der Waals surface area contributed by atoms with Gasteiger partial charge in [-0.25, -0.2) is 0 Å². The summed E-state index contributed by atoms with van der Waals surface area (Å²) in [4.78, 5) is 0. The van der Waals surface area contributed by atoms with E-state index in [-0.39, 0.29) is 6.04 Å². The molecule has 0 aliphatic carbocycles. The summed E-state index contributed by atoms with van der Waals surface area (Å²) in [5.41, 5.74) is 1.16. The van der Waals surface area contributed by atoms with Crippen LogP contribution in [0.4, 0.5) is 0 Å². The van der Waals surface area contributed by atoms with Crippen LogP contribution in [0.15, 0.2) is 22.7 Å². The Hall–Kier alpha value is -0.580. The maximum absolute atomic E-state index is 5.85. The van der Waals surface area contributed by atoms with Crippen LogP contribution in [-0.2, 0) is 4.74 Å². The van der Waals surface area contributed by atoms with E-state index in [1.807, 2.05) is 19.2 Å². The molecule has 1 rings (SSSR count). The summed E-state index contributed by atoms with van der Waals surface area (Å²) in [7, 11) is 1.95. The molecular weight excluding hydrogens is 318 g/mol. The molecule has 0 aliphatic heterocycles. The summed E-state index contributed by atoms with van der Waals surface area (Å²) in [5.74, 6) is 1.60. The Balaban J connectivity index is 2.44. The highest BCUT2D eigenvalue weighted by molar-refractivity contribution is 9.10. The van der Waals surface area contributed by atoms with Crippen molar-refractivity contribution in [3.63, 3.8) is 0 Å². The first-order valence-corrected chi connectivity index (χ1v) is 8.01. The van der Waals surface area contributed by atoms with E-state index in [4.69, 9.17) is 9.47 Å². The largest absolute Gasteiger partial charge is 0.491 e. The number of nitrogens with one attached hydrogen (secondary N) is 1. The molecule has 0 radical (unpaired) electrons. The zero-order valence-corrected chi connectivity index (χ0v) is 14.5. The number of hydrogen-bond donors (Lipinski definition) is 1. The molecule has 0 heterocycles. The fraction of sp³-hybridized carbons (Fsp3) is 0.625. The van der Waals surface area contributed by atoms with Crippen molar-refractivity contribution in [3.05, 3.63) is 28.2 Å². The second-order valence-corrected chi connectivity index (χ2v) is 6.25. The van der Waals surface area contributed by atoms with E-state index in [1.165, 1.54) is 0 Å². The first-order chi connectivity index (χ1) is 9.54. The summed E-state index contributed by atoms with van der Waals surface area (Å²) in [6, 6.07) is 6.40. The number of halogens is 1. The van der Waals surface area contributed by atoms with E-state index in [9.17, 15) is 0 Å². The number of benzene rings is 1. The fourth-order valence-electron chi connectivity index (χ4n) is 1.78. The van der Waals surface area contributed by atoms with Gasteiger partial charge in [0, 0.05) is 22.7 Å². The Bertz CT molecular complexity index is 396. The van der Waals surface area contributed by atoms with Crippen molar-refractivity contribution in [2.24, 2.45) is 5.92 Å². The molecule has 114 valence electrons. The first-order valence-electron chi connectivity index (χ1n) is 7.21. The van der Waals surface area contributed by atoms with Crippen molar-refractivity contribution in [1.82, 2.24) is 5.32 Å². The molecule has 0 fully saturated rings. The third-order valence-corrected chi connectivity index (χ3v) is 3.69. The molecule has 0 saturated carbocycles. The van der Waals surface area contributed by atoms with Crippen LogP contribution in [0.3, 0.4) is 0 Å². The SMILES string of the molecule is CNC(C)c1ccc(Br)cc1OCCOCCC(C)C. The molecule has 0 saturated heterocycles. The highest BCUT2D eigenvalue weighted by Crippen LogP contribution is 2.28. The van der Waals surface area contributed by atoms with Crippen LogP contribution in [0.2, 0.25) is 0 Å². The van der Waals surface area contributed by atoms with Crippen molar-refractivity contribution in [3.8, 4) is 5.75 Å². The molecule has 20 heavy (non-hydrogen) atoms. The van der Waals surface area contributed by atoms with Gasteiger partial charge >= 0.3 is 0 Å². The van der Waals surface area contributed by atoms with E-state index in [0.717, 1.165) is 28.8 Å². The minimum atomic E-state index is 0.264. The van der Waals surface area contributed by atoms with E-state index >= 15 is 0 Å². The lowest BCUT2D eigenvalue weighted by atomic mass is 10.1. The Morgan fingerprint density at radius 3 is 2.55 bits per heavy atom. The summed E-state index contributed by atoms with van der Waals surface area (Å²) in [6.45, 7) is 8.54. The maximum atomic E-state index is 5.85. The lowest BCUT2D eigenvalue weighted by Crippen LogP contribution is -2.15. The summed E-state index contributed by atoms with van der Waals surface area (Å²) < 4.78 is 12.5. The second kappa shape index (κ2) is 9.37. The first kappa shape index (κ1) is 17.5. The third-order valence-electron chi connectivity index (χ3n) is 3.20. The van der Waals surface area contributed by atoms with Crippen molar-refractivity contribution >= 4 is 15.9 Å². The summed E-state index contributed by atoms with van der Waals surface area (Å²) in [5, 5.41) is 3.24. The van der Waals surface area contributed by atoms with Crippen LogP contribution >= 0.6 is 15.9 Å². The molecule has 3 nitrogen and oxygen atoms in total. The zero-order chi connectivity index (χ0) is 15.0. The molecule has 1 unspecified atom stereocenters. The monoisotopic (exact) mass is 343 g/mol. The van der Waals surface area contributed by atoms with E-state index in [2.05, 4.69) is 48.1 Å². The normalized spacial score (nSPS) is 12.7.